The summed E-state index contributed by atoms with van der Waals surface area (Å²) in [4.78, 5) is 2.53. The summed E-state index contributed by atoms with van der Waals surface area (Å²) in [5.74, 6) is 0.833. The molecule has 1 N–H and O–H groups in total. The van der Waals surface area contributed by atoms with Gasteiger partial charge in [-0.15, -0.1) is 0 Å². The van der Waals surface area contributed by atoms with E-state index in [1.165, 1.54) is 32.5 Å². The molecular weight excluding hydrogens is 252 g/mol. The first kappa shape index (κ1) is 13.2. The molecule has 1 saturated heterocycles. The van der Waals surface area contributed by atoms with Crippen molar-refractivity contribution in [3.8, 4) is 0 Å². The Balaban J connectivity index is 2.23. The van der Waals surface area contributed by atoms with Gasteiger partial charge in [-0.25, -0.2) is 0 Å². The van der Waals surface area contributed by atoms with Crippen molar-refractivity contribution in [1.29, 1.82) is 0 Å². The Bertz CT molecular complexity index is 198. The number of halogens is 1. The average molecular weight is 275 g/mol. The molecule has 1 fully saturated rings. The zero-order chi connectivity index (χ0) is 11.3. The molecule has 1 heterocycles. The lowest BCUT2D eigenvalue weighted by molar-refractivity contribution is 0.170. The molecule has 0 bridgehead atoms. The first-order chi connectivity index (χ1) is 7.13. The minimum absolute atomic E-state index is 0.610. The highest BCUT2D eigenvalue weighted by molar-refractivity contribution is 9.11. The van der Waals surface area contributed by atoms with Gasteiger partial charge in [0.1, 0.15) is 0 Å². The standard InChI is InChI=1S/C12H23BrN2/c1-4-15-7-5-12(6-8-15)11(3)14-9-10(2)13/h11-12,14H,2,4-9H2,1,3H3. The van der Waals surface area contributed by atoms with Gasteiger partial charge in [0.05, 0.1) is 0 Å². The van der Waals surface area contributed by atoms with E-state index in [1.807, 2.05) is 0 Å². The zero-order valence-electron chi connectivity index (χ0n) is 9.93. The third kappa shape index (κ3) is 4.66. The Morgan fingerprint density at radius 1 is 1.53 bits per heavy atom. The van der Waals surface area contributed by atoms with Gasteiger partial charge in [-0.2, -0.15) is 0 Å². The van der Waals surface area contributed by atoms with E-state index in [9.17, 15) is 0 Å². The molecule has 88 valence electrons. The van der Waals surface area contributed by atoms with Gasteiger partial charge in [-0.3, -0.25) is 0 Å². The molecule has 1 aliphatic heterocycles. The Kier molecular flexibility index (Phi) is 5.87. The van der Waals surface area contributed by atoms with Crippen LogP contribution in [0, 0.1) is 5.92 Å². The fraction of sp³-hybridized carbons (Fsp3) is 0.833. The van der Waals surface area contributed by atoms with Crippen LogP contribution in [0.5, 0.6) is 0 Å². The monoisotopic (exact) mass is 274 g/mol. The van der Waals surface area contributed by atoms with Gasteiger partial charge in [0.15, 0.2) is 0 Å². The number of likely N-dealkylation sites (tertiary alicyclic amines) is 1. The van der Waals surface area contributed by atoms with Crippen LogP contribution in [0.4, 0.5) is 0 Å². The maximum absolute atomic E-state index is 3.84. The number of nitrogens with one attached hydrogen (secondary N) is 1. The molecule has 1 atom stereocenters. The molecular formula is C12H23BrN2. The molecule has 0 amide bonds. The van der Waals surface area contributed by atoms with E-state index in [0.717, 1.165) is 16.9 Å². The second-order valence-electron chi connectivity index (χ2n) is 4.46. The molecule has 0 radical (unpaired) electrons. The molecule has 0 spiro atoms. The van der Waals surface area contributed by atoms with Crippen molar-refractivity contribution in [3.63, 3.8) is 0 Å². The summed E-state index contributed by atoms with van der Waals surface area (Å²) in [6, 6.07) is 0.610. The average Bonchev–Trinajstić information content (AvgIpc) is 2.26. The highest BCUT2D eigenvalue weighted by atomic mass is 79.9. The molecule has 0 saturated carbocycles. The van der Waals surface area contributed by atoms with Crippen molar-refractivity contribution >= 4 is 15.9 Å². The summed E-state index contributed by atoms with van der Waals surface area (Å²) in [6.07, 6.45) is 2.66. The topological polar surface area (TPSA) is 15.3 Å². The minimum atomic E-state index is 0.610. The van der Waals surface area contributed by atoms with Crippen LogP contribution in [0.3, 0.4) is 0 Å². The lowest BCUT2D eigenvalue weighted by Gasteiger charge is -2.34. The van der Waals surface area contributed by atoms with Gasteiger partial charge in [-0.05, 0) is 45.3 Å². The number of rotatable bonds is 5. The first-order valence-corrected chi connectivity index (χ1v) is 6.71. The van der Waals surface area contributed by atoms with E-state index < -0.39 is 0 Å². The van der Waals surface area contributed by atoms with Crippen LogP contribution in [-0.4, -0.2) is 37.1 Å². The van der Waals surface area contributed by atoms with Crippen LogP contribution in [0.2, 0.25) is 0 Å². The second kappa shape index (κ2) is 6.66. The fourth-order valence-electron chi connectivity index (χ4n) is 2.21. The van der Waals surface area contributed by atoms with Crippen molar-refractivity contribution in [2.24, 2.45) is 5.92 Å². The molecule has 0 aromatic rings. The SMILES string of the molecule is C=C(Br)CNC(C)C1CCN(CC)CC1. The molecule has 2 nitrogen and oxygen atoms in total. The maximum Gasteiger partial charge on any atom is 0.0268 e. The molecule has 0 aromatic carbocycles. The molecule has 1 unspecified atom stereocenters. The quantitative estimate of drug-likeness (QED) is 0.829. The fourth-order valence-corrected chi connectivity index (χ4v) is 2.37. The summed E-state index contributed by atoms with van der Waals surface area (Å²) < 4.78 is 1.04. The van der Waals surface area contributed by atoms with E-state index in [0.29, 0.717) is 6.04 Å². The highest BCUT2D eigenvalue weighted by Crippen LogP contribution is 2.20. The van der Waals surface area contributed by atoms with Crippen LogP contribution >= 0.6 is 15.9 Å². The van der Waals surface area contributed by atoms with E-state index in [4.69, 9.17) is 0 Å². The molecule has 15 heavy (non-hydrogen) atoms. The number of hydrogen-bond donors (Lipinski definition) is 1. The van der Waals surface area contributed by atoms with Gasteiger partial charge in [0, 0.05) is 17.1 Å². The van der Waals surface area contributed by atoms with Crippen LogP contribution in [0.25, 0.3) is 0 Å². The van der Waals surface area contributed by atoms with Crippen molar-refractivity contribution in [2.45, 2.75) is 32.7 Å². The summed E-state index contributed by atoms with van der Waals surface area (Å²) in [5, 5.41) is 3.52. The third-order valence-electron chi connectivity index (χ3n) is 3.40. The van der Waals surface area contributed by atoms with Crippen LogP contribution in [-0.2, 0) is 0 Å². The number of nitrogens with zero attached hydrogens (tertiary/aromatic N) is 1. The lowest BCUT2D eigenvalue weighted by Crippen LogP contribution is -2.42. The van der Waals surface area contributed by atoms with Crippen LogP contribution in [0.1, 0.15) is 26.7 Å². The first-order valence-electron chi connectivity index (χ1n) is 5.92. The zero-order valence-corrected chi connectivity index (χ0v) is 11.5. The molecule has 3 heteroatoms. The van der Waals surface area contributed by atoms with Crippen molar-refractivity contribution in [3.05, 3.63) is 11.1 Å². The lowest BCUT2D eigenvalue weighted by atomic mass is 9.90. The van der Waals surface area contributed by atoms with Gasteiger partial charge in [0.2, 0.25) is 0 Å². The molecule has 0 aliphatic carbocycles. The summed E-state index contributed by atoms with van der Waals surface area (Å²) >= 11 is 3.38. The predicted octanol–water partition coefficient (Wildman–Crippen LogP) is 2.61. The Hall–Kier alpha value is 0.140. The Labute approximate surface area is 102 Å². The van der Waals surface area contributed by atoms with Crippen LogP contribution < -0.4 is 5.32 Å². The largest absolute Gasteiger partial charge is 0.309 e. The third-order valence-corrected chi connectivity index (χ3v) is 3.68. The number of hydrogen-bond acceptors (Lipinski definition) is 2. The van der Waals surface area contributed by atoms with Gasteiger partial charge in [0.25, 0.3) is 0 Å². The van der Waals surface area contributed by atoms with E-state index in [-0.39, 0.29) is 0 Å². The second-order valence-corrected chi connectivity index (χ2v) is 5.58. The predicted molar refractivity (Wildman–Crippen MR) is 70.4 cm³/mol. The smallest absolute Gasteiger partial charge is 0.0268 e. The highest BCUT2D eigenvalue weighted by Gasteiger charge is 2.22. The number of piperidine rings is 1. The summed E-state index contributed by atoms with van der Waals surface area (Å²) in [5.41, 5.74) is 0. The summed E-state index contributed by atoms with van der Waals surface area (Å²) in [6.45, 7) is 13.0. The van der Waals surface area contributed by atoms with E-state index in [2.05, 4.69) is 46.6 Å². The molecule has 0 aromatic heterocycles. The van der Waals surface area contributed by atoms with Crippen molar-refractivity contribution in [1.82, 2.24) is 10.2 Å². The van der Waals surface area contributed by atoms with Crippen LogP contribution in [0.15, 0.2) is 11.1 Å². The Morgan fingerprint density at radius 2 is 2.13 bits per heavy atom. The Morgan fingerprint density at radius 3 is 2.60 bits per heavy atom. The van der Waals surface area contributed by atoms with Gasteiger partial charge < -0.3 is 10.2 Å². The molecule has 1 rings (SSSR count). The van der Waals surface area contributed by atoms with E-state index in [1.54, 1.807) is 0 Å². The van der Waals surface area contributed by atoms with Gasteiger partial charge >= 0.3 is 0 Å². The minimum Gasteiger partial charge on any atom is -0.309 e. The van der Waals surface area contributed by atoms with Crippen molar-refractivity contribution < 1.29 is 0 Å². The summed E-state index contributed by atoms with van der Waals surface area (Å²) in [7, 11) is 0. The maximum atomic E-state index is 3.84. The van der Waals surface area contributed by atoms with Gasteiger partial charge in [-0.1, -0.05) is 29.4 Å². The normalized spacial score (nSPS) is 21.5. The van der Waals surface area contributed by atoms with E-state index >= 15 is 0 Å². The molecule has 1 aliphatic rings. The van der Waals surface area contributed by atoms with Crippen molar-refractivity contribution in [2.75, 3.05) is 26.2 Å².